The Morgan fingerprint density at radius 1 is 1.15 bits per heavy atom. The second-order valence-corrected chi connectivity index (χ2v) is 10.1. The molecule has 0 bridgehead atoms. The fraction of sp³-hybridized carbons (Fsp3) is 0.192. The van der Waals surface area contributed by atoms with E-state index in [4.69, 9.17) is 27.9 Å². The number of imidazole rings is 1. The quantitative estimate of drug-likeness (QED) is 0.222. The molecule has 0 aliphatic carbocycles. The van der Waals surface area contributed by atoms with E-state index in [0.29, 0.717) is 27.7 Å². The third kappa shape index (κ3) is 6.45. The molecule has 2 aromatic heterocycles. The zero-order chi connectivity index (χ0) is 29.2. The summed E-state index contributed by atoms with van der Waals surface area (Å²) >= 11 is 16.5. The van der Waals surface area contributed by atoms with Crippen LogP contribution in [0.1, 0.15) is 16.8 Å². The number of carbonyl (C=O) groups is 2. The molecule has 0 fully saturated rings. The lowest BCUT2D eigenvalue weighted by Gasteiger charge is -2.21. The molecular weight excluding hydrogens is 638 g/mol. The maximum Gasteiger partial charge on any atom is 0.416 e. The molecule has 0 atom stereocenters. The summed E-state index contributed by atoms with van der Waals surface area (Å²) in [6.45, 7) is 1.38. The van der Waals surface area contributed by atoms with Crippen LogP contribution in [0.5, 0.6) is 5.75 Å². The molecule has 14 heteroatoms. The Hall–Kier alpha value is -3.48. The third-order valence-corrected chi connectivity index (χ3v) is 7.57. The van der Waals surface area contributed by atoms with Gasteiger partial charge in [0.2, 0.25) is 5.91 Å². The predicted molar refractivity (Wildman–Crippen MR) is 150 cm³/mol. The summed E-state index contributed by atoms with van der Waals surface area (Å²) in [5, 5.41) is 5.09. The number of halogens is 6. The molecule has 210 valence electrons. The van der Waals surface area contributed by atoms with Crippen LogP contribution in [0.3, 0.4) is 0 Å². The Labute approximate surface area is 245 Å². The summed E-state index contributed by atoms with van der Waals surface area (Å²) in [7, 11) is 1.46. The molecule has 2 aromatic carbocycles. The van der Waals surface area contributed by atoms with Crippen molar-refractivity contribution < 1.29 is 27.5 Å². The molecule has 40 heavy (non-hydrogen) atoms. The van der Waals surface area contributed by atoms with Crippen molar-refractivity contribution in [2.75, 3.05) is 23.8 Å². The fourth-order valence-electron chi connectivity index (χ4n) is 3.72. The molecule has 0 spiro atoms. The van der Waals surface area contributed by atoms with E-state index in [1.807, 2.05) is 17.5 Å². The van der Waals surface area contributed by atoms with E-state index in [1.54, 1.807) is 24.3 Å². The zero-order valence-electron chi connectivity index (χ0n) is 20.9. The van der Waals surface area contributed by atoms with E-state index in [9.17, 15) is 22.8 Å². The summed E-state index contributed by atoms with van der Waals surface area (Å²) < 4.78 is 47.3. The Bertz CT molecular complexity index is 1600. The number of rotatable bonds is 7. The second kappa shape index (κ2) is 11.9. The molecule has 0 saturated heterocycles. The van der Waals surface area contributed by atoms with Gasteiger partial charge in [-0.2, -0.15) is 13.2 Å². The van der Waals surface area contributed by atoms with Crippen molar-refractivity contribution >= 4 is 68.1 Å². The molecular formula is C26H21BrCl2F3N5O3. The predicted octanol–water partition coefficient (Wildman–Crippen LogP) is 7.09. The van der Waals surface area contributed by atoms with E-state index in [-0.39, 0.29) is 17.3 Å². The number of amides is 3. The van der Waals surface area contributed by atoms with Crippen molar-refractivity contribution in [1.29, 1.82) is 0 Å². The standard InChI is InChI=1S/C26H21BrCl2F3N5O3/c1-14-23(27)37-10-4-7-20(24(37)34-14)40-13-17-18(28)8-9-19(22(17)29)36(2)21(38)12-33-25(39)35-16-6-3-5-15(11-16)26(30,31)32/h3-11H,12-13H2,1-2H3,(H2,33,35,39). The van der Waals surface area contributed by atoms with Gasteiger partial charge in [-0.1, -0.05) is 29.3 Å². The molecule has 0 unspecified atom stereocenters. The number of pyridine rings is 1. The first-order valence-electron chi connectivity index (χ1n) is 11.6. The molecule has 4 rings (SSSR count). The summed E-state index contributed by atoms with van der Waals surface area (Å²) in [6.07, 6.45) is -2.72. The van der Waals surface area contributed by atoms with Gasteiger partial charge in [-0.15, -0.1) is 0 Å². The Morgan fingerprint density at radius 3 is 2.62 bits per heavy atom. The van der Waals surface area contributed by atoms with E-state index in [2.05, 4.69) is 31.5 Å². The van der Waals surface area contributed by atoms with Crippen LogP contribution in [0.4, 0.5) is 29.3 Å². The maximum atomic E-state index is 12.9. The first-order chi connectivity index (χ1) is 18.9. The lowest BCUT2D eigenvalue weighted by molar-refractivity contribution is -0.137. The van der Waals surface area contributed by atoms with Gasteiger partial charge in [-0.05, 0) is 65.3 Å². The number of hydrogen-bond donors (Lipinski definition) is 2. The van der Waals surface area contributed by atoms with Crippen LogP contribution in [-0.2, 0) is 17.6 Å². The number of benzene rings is 2. The highest BCUT2D eigenvalue weighted by molar-refractivity contribution is 9.10. The van der Waals surface area contributed by atoms with Gasteiger partial charge in [0.1, 0.15) is 11.2 Å². The second-order valence-electron chi connectivity index (χ2n) is 8.54. The van der Waals surface area contributed by atoms with Crippen LogP contribution >= 0.6 is 39.1 Å². The lowest BCUT2D eigenvalue weighted by atomic mass is 10.2. The molecule has 0 aliphatic rings. The van der Waals surface area contributed by atoms with Crippen LogP contribution in [0.2, 0.25) is 10.0 Å². The van der Waals surface area contributed by atoms with Crippen molar-refractivity contribution in [3.63, 3.8) is 0 Å². The number of fused-ring (bicyclic) bond motifs is 1. The minimum absolute atomic E-state index is 0.0195. The first kappa shape index (κ1) is 29.5. The van der Waals surface area contributed by atoms with Crippen molar-refractivity contribution in [3.8, 4) is 5.75 Å². The monoisotopic (exact) mass is 657 g/mol. The van der Waals surface area contributed by atoms with Crippen LogP contribution in [-0.4, -0.2) is 34.9 Å². The summed E-state index contributed by atoms with van der Waals surface area (Å²) in [5.74, 6) is -0.0491. The molecule has 2 N–H and O–H groups in total. The number of aryl methyl sites for hydroxylation is 1. The topological polar surface area (TPSA) is 88.0 Å². The number of carbonyl (C=O) groups excluding carboxylic acids is 2. The van der Waals surface area contributed by atoms with Gasteiger partial charge in [0, 0.05) is 29.5 Å². The molecule has 2 heterocycles. The van der Waals surface area contributed by atoms with E-state index >= 15 is 0 Å². The van der Waals surface area contributed by atoms with Gasteiger partial charge in [0.15, 0.2) is 11.4 Å². The van der Waals surface area contributed by atoms with Crippen molar-refractivity contribution in [2.45, 2.75) is 19.7 Å². The normalized spacial score (nSPS) is 11.4. The Kier molecular flexibility index (Phi) is 8.81. The Balaban J connectivity index is 1.42. The van der Waals surface area contributed by atoms with Crippen molar-refractivity contribution in [3.05, 3.63) is 86.2 Å². The summed E-state index contributed by atoms with van der Waals surface area (Å²) in [6, 6.07) is 9.95. The average molecular weight is 659 g/mol. The smallest absolute Gasteiger partial charge is 0.416 e. The lowest BCUT2D eigenvalue weighted by Crippen LogP contribution is -2.40. The van der Waals surface area contributed by atoms with Crippen molar-refractivity contribution in [2.24, 2.45) is 0 Å². The Morgan fingerprint density at radius 2 is 1.90 bits per heavy atom. The number of likely N-dealkylation sites (N-methyl/N-ethyl adjacent to an activating group) is 1. The molecule has 0 saturated carbocycles. The molecule has 4 aromatic rings. The SMILES string of the molecule is Cc1nc2c(OCc3c(Cl)ccc(N(C)C(=O)CNC(=O)Nc4cccc(C(F)(F)F)c4)c3Cl)cccn2c1Br. The number of ether oxygens (including phenoxy) is 1. The van der Waals surface area contributed by atoms with Gasteiger partial charge in [-0.25, -0.2) is 9.78 Å². The first-order valence-corrected chi connectivity index (χ1v) is 13.1. The number of aromatic nitrogens is 2. The highest BCUT2D eigenvalue weighted by Crippen LogP contribution is 2.35. The number of nitrogens with one attached hydrogen (secondary N) is 2. The van der Waals surface area contributed by atoms with Crippen LogP contribution in [0.25, 0.3) is 5.65 Å². The van der Waals surface area contributed by atoms with E-state index in [1.165, 1.54) is 18.0 Å². The zero-order valence-corrected chi connectivity index (χ0v) is 24.0. The van der Waals surface area contributed by atoms with Crippen LogP contribution in [0.15, 0.2) is 59.3 Å². The highest BCUT2D eigenvalue weighted by atomic mass is 79.9. The van der Waals surface area contributed by atoms with Gasteiger partial charge < -0.3 is 20.3 Å². The summed E-state index contributed by atoms with van der Waals surface area (Å²) in [5.41, 5.74) is 1.13. The minimum atomic E-state index is -4.56. The number of nitrogens with zero attached hydrogens (tertiary/aromatic N) is 3. The average Bonchev–Trinajstić information content (AvgIpc) is 3.20. The van der Waals surface area contributed by atoms with Crippen molar-refractivity contribution in [1.82, 2.24) is 14.7 Å². The molecule has 0 aliphatic heterocycles. The number of hydrogen-bond acceptors (Lipinski definition) is 4. The third-order valence-electron chi connectivity index (χ3n) is 5.84. The molecule has 8 nitrogen and oxygen atoms in total. The molecule has 0 radical (unpaired) electrons. The van der Waals surface area contributed by atoms with E-state index in [0.717, 1.165) is 28.5 Å². The fourth-order valence-corrected chi connectivity index (χ4v) is 4.71. The van der Waals surface area contributed by atoms with Crippen LogP contribution < -0.4 is 20.3 Å². The number of anilines is 2. The van der Waals surface area contributed by atoms with Crippen LogP contribution in [0, 0.1) is 6.92 Å². The largest absolute Gasteiger partial charge is 0.485 e. The number of alkyl halides is 3. The molecule has 3 amide bonds. The summed E-state index contributed by atoms with van der Waals surface area (Å²) in [4.78, 5) is 30.7. The highest BCUT2D eigenvalue weighted by Gasteiger charge is 2.30. The number of urea groups is 1. The van der Waals surface area contributed by atoms with Gasteiger partial charge in [0.05, 0.1) is 28.5 Å². The van der Waals surface area contributed by atoms with Gasteiger partial charge >= 0.3 is 12.2 Å². The van der Waals surface area contributed by atoms with Gasteiger partial charge in [0.25, 0.3) is 0 Å². The van der Waals surface area contributed by atoms with Gasteiger partial charge in [-0.3, -0.25) is 9.20 Å². The maximum absolute atomic E-state index is 12.9. The minimum Gasteiger partial charge on any atom is -0.485 e. The van der Waals surface area contributed by atoms with E-state index < -0.39 is 30.2 Å².